The molecule has 1 saturated heterocycles. The number of allylic oxidation sites excluding steroid dienone is 1. The number of alkyl carbamates (subject to hydrolysis) is 1. The standard InChI is InChI=1S/C39H46N6O9S/c1-38(2,3)54-36(49)41-31-14-8-6-4-5-7-13-28-20-39(28,35(48)43-55(51,52)30-17-15-25(21-40)16-18-30)42-33(46)32-19-29(24-45(32)34(31)47)53-37(50)44-22-26-11-9-10-12-27(26)23-44/h7,9-13,15-18,28-29,31-32H,4-6,8,14,19-20,22-24H2,1-3H3,(H,41,49)(H,42,46)(H,43,48)/b13-7+/t28-,29-,31+,32+,39-/m1/s1. The highest BCUT2D eigenvalue weighted by atomic mass is 32.2. The van der Waals surface area contributed by atoms with E-state index in [1.165, 1.54) is 34.1 Å². The molecule has 4 aliphatic rings. The summed E-state index contributed by atoms with van der Waals surface area (Å²) in [7, 11) is -4.40. The van der Waals surface area contributed by atoms with Gasteiger partial charge in [0.05, 0.1) is 23.1 Å². The summed E-state index contributed by atoms with van der Waals surface area (Å²) < 4.78 is 40.0. The lowest BCUT2D eigenvalue weighted by atomic mass is 10.0. The number of nitrogens with one attached hydrogen (secondary N) is 3. The van der Waals surface area contributed by atoms with Gasteiger partial charge in [0.2, 0.25) is 11.8 Å². The minimum absolute atomic E-state index is 0.0986. The van der Waals surface area contributed by atoms with Gasteiger partial charge in [-0.3, -0.25) is 19.3 Å². The van der Waals surface area contributed by atoms with Crippen molar-refractivity contribution in [2.75, 3.05) is 6.54 Å². The Bertz CT molecular complexity index is 2000. The average Bonchev–Trinajstić information content (AvgIpc) is 3.42. The van der Waals surface area contributed by atoms with Crippen molar-refractivity contribution in [1.82, 2.24) is 25.2 Å². The first kappa shape index (κ1) is 39.3. The first-order valence-electron chi connectivity index (χ1n) is 18.5. The molecule has 292 valence electrons. The Hall–Kier alpha value is -5.43. The Kier molecular flexibility index (Phi) is 11.2. The van der Waals surface area contributed by atoms with Gasteiger partial charge < -0.3 is 25.0 Å². The van der Waals surface area contributed by atoms with E-state index in [0.717, 1.165) is 17.5 Å². The normalized spacial score (nSPS) is 26.1. The van der Waals surface area contributed by atoms with Crippen molar-refractivity contribution in [2.24, 2.45) is 5.92 Å². The van der Waals surface area contributed by atoms with E-state index < -0.39 is 75.2 Å². The molecule has 0 radical (unpaired) electrons. The van der Waals surface area contributed by atoms with Gasteiger partial charge in [0, 0.05) is 25.4 Å². The van der Waals surface area contributed by atoms with Crippen molar-refractivity contribution < 1.29 is 41.9 Å². The molecule has 1 aliphatic carbocycles. The molecule has 0 aromatic heterocycles. The van der Waals surface area contributed by atoms with Crippen LogP contribution in [0, 0.1) is 17.2 Å². The topological polar surface area (TPSA) is 204 Å². The number of fused-ring (bicyclic) bond motifs is 3. The molecule has 0 unspecified atom stereocenters. The summed E-state index contributed by atoms with van der Waals surface area (Å²) in [5.41, 5.74) is -0.289. The molecule has 3 heterocycles. The summed E-state index contributed by atoms with van der Waals surface area (Å²) in [4.78, 5) is 71.5. The fraction of sp³-hybridized carbons (Fsp3) is 0.487. The number of carbonyl (C=O) groups excluding carboxylic acids is 5. The zero-order valence-electron chi connectivity index (χ0n) is 31.1. The molecular weight excluding hydrogens is 729 g/mol. The minimum atomic E-state index is -4.40. The van der Waals surface area contributed by atoms with Crippen molar-refractivity contribution in [3.05, 3.63) is 77.4 Å². The van der Waals surface area contributed by atoms with Gasteiger partial charge in [0.1, 0.15) is 29.3 Å². The number of benzene rings is 2. The van der Waals surface area contributed by atoms with Gasteiger partial charge in [0.25, 0.3) is 15.9 Å². The van der Waals surface area contributed by atoms with Gasteiger partial charge >= 0.3 is 12.2 Å². The zero-order chi connectivity index (χ0) is 39.5. The van der Waals surface area contributed by atoms with Crippen LogP contribution in [0.3, 0.4) is 0 Å². The molecule has 2 fully saturated rings. The molecule has 3 aliphatic heterocycles. The molecule has 16 heteroatoms. The number of carbonyl (C=O) groups is 5. The van der Waals surface area contributed by atoms with Crippen LogP contribution in [0.5, 0.6) is 0 Å². The SMILES string of the molecule is CC(C)(C)OC(=O)N[C@H]1CCCCC/C=C/[C@@H]2C[C@@]2(C(=O)NS(=O)(=O)c2ccc(C#N)cc2)NC(=O)[C@@H]2C[C@@H](OC(=O)N3Cc4ccccc4C3)CN2C1=O. The summed E-state index contributed by atoms with van der Waals surface area (Å²) in [6.45, 7) is 5.62. The Morgan fingerprint density at radius 2 is 1.69 bits per heavy atom. The van der Waals surface area contributed by atoms with E-state index in [2.05, 4.69) is 15.4 Å². The molecule has 5 atom stereocenters. The number of ether oxygens (including phenoxy) is 2. The number of amides is 5. The second-order valence-electron chi connectivity index (χ2n) is 15.5. The zero-order valence-corrected chi connectivity index (χ0v) is 31.9. The van der Waals surface area contributed by atoms with Gasteiger partial charge in [-0.15, -0.1) is 0 Å². The molecule has 2 aromatic carbocycles. The van der Waals surface area contributed by atoms with Gasteiger partial charge in [-0.05, 0) is 81.8 Å². The number of nitriles is 1. The average molecular weight is 775 g/mol. The smallest absolute Gasteiger partial charge is 0.410 e. The summed E-state index contributed by atoms with van der Waals surface area (Å²) in [5, 5.41) is 14.6. The van der Waals surface area contributed by atoms with Crippen LogP contribution >= 0.6 is 0 Å². The fourth-order valence-electron chi connectivity index (χ4n) is 7.28. The number of hydrogen-bond acceptors (Lipinski definition) is 10. The van der Waals surface area contributed by atoms with Gasteiger partial charge in [-0.2, -0.15) is 5.26 Å². The number of nitrogens with zero attached hydrogens (tertiary/aromatic N) is 3. The summed E-state index contributed by atoms with van der Waals surface area (Å²) in [6.07, 6.45) is 4.25. The maximum absolute atomic E-state index is 14.4. The maximum atomic E-state index is 14.4. The fourth-order valence-corrected chi connectivity index (χ4v) is 8.31. The molecule has 6 rings (SSSR count). The van der Waals surface area contributed by atoms with E-state index in [0.29, 0.717) is 32.4 Å². The number of rotatable bonds is 5. The summed E-state index contributed by atoms with van der Waals surface area (Å²) >= 11 is 0. The second-order valence-corrected chi connectivity index (χ2v) is 17.2. The molecule has 0 spiro atoms. The highest BCUT2D eigenvalue weighted by molar-refractivity contribution is 7.90. The molecule has 5 amide bonds. The largest absolute Gasteiger partial charge is 0.444 e. The minimum Gasteiger partial charge on any atom is -0.444 e. The van der Waals surface area contributed by atoms with E-state index in [-0.39, 0.29) is 36.3 Å². The van der Waals surface area contributed by atoms with Crippen LogP contribution in [0.4, 0.5) is 9.59 Å². The molecule has 1 saturated carbocycles. The highest BCUT2D eigenvalue weighted by Crippen LogP contribution is 2.46. The predicted octanol–water partition coefficient (Wildman–Crippen LogP) is 3.77. The van der Waals surface area contributed by atoms with Crippen LogP contribution in [-0.4, -0.2) is 84.0 Å². The molecule has 55 heavy (non-hydrogen) atoms. The summed E-state index contributed by atoms with van der Waals surface area (Å²) in [5.74, 6) is -2.83. The first-order chi connectivity index (χ1) is 26.1. The Morgan fingerprint density at radius 1 is 1.00 bits per heavy atom. The first-order valence-corrected chi connectivity index (χ1v) is 20.0. The van der Waals surface area contributed by atoms with Gasteiger partial charge in [-0.1, -0.05) is 49.3 Å². The van der Waals surface area contributed by atoms with E-state index in [4.69, 9.17) is 14.7 Å². The lowest BCUT2D eigenvalue weighted by molar-refractivity contribution is -0.141. The Morgan fingerprint density at radius 3 is 2.35 bits per heavy atom. The third-order valence-corrected chi connectivity index (χ3v) is 11.6. The van der Waals surface area contributed by atoms with Crippen molar-refractivity contribution in [1.29, 1.82) is 5.26 Å². The quantitative estimate of drug-likeness (QED) is 0.375. The van der Waals surface area contributed by atoms with Crippen molar-refractivity contribution in [3.63, 3.8) is 0 Å². The third kappa shape index (κ3) is 9.10. The maximum Gasteiger partial charge on any atom is 0.410 e. The van der Waals surface area contributed by atoms with Crippen LogP contribution in [0.2, 0.25) is 0 Å². The van der Waals surface area contributed by atoms with E-state index in [1.807, 2.05) is 36.4 Å². The van der Waals surface area contributed by atoms with Gasteiger partial charge in [-0.25, -0.2) is 22.7 Å². The van der Waals surface area contributed by atoms with Crippen LogP contribution in [0.1, 0.15) is 82.4 Å². The van der Waals surface area contributed by atoms with Gasteiger partial charge in [0.15, 0.2) is 0 Å². The molecule has 3 N–H and O–H groups in total. The molecule has 15 nitrogen and oxygen atoms in total. The lowest BCUT2D eigenvalue weighted by Gasteiger charge is -2.30. The summed E-state index contributed by atoms with van der Waals surface area (Å²) in [6, 6.07) is 12.3. The van der Waals surface area contributed by atoms with Crippen LogP contribution < -0.4 is 15.4 Å². The lowest BCUT2D eigenvalue weighted by Crippen LogP contribution is -2.58. The van der Waals surface area contributed by atoms with Crippen molar-refractivity contribution >= 4 is 39.9 Å². The number of hydrogen-bond donors (Lipinski definition) is 3. The van der Waals surface area contributed by atoms with Crippen LogP contribution in [-0.2, 0) is 47.0 Å². The molecule has 2 aromatic rings. The van der Waals surface area contributed by atoms with E-state index >= 15 is 0 Å². The Labute approximate surface area is 320 Å². The third-order valence-electron chi connectivity index (χ3n) is 10.2. The predicted molar refractivity (Wildman–Crippen MR) is 197 cm³/mol. The van der Waals surface area contributed by atoms with Crippen LogP contribution in [0.15, 0.2) is 65.6 Å². The van der Waals surface area contributed by atoms with Crippen molar-refractivity contribution in [2.45, 2.75) is 113 Å². The molecule has 0 bridgehead atoms. The van der Waals surface area contributed by atoms with Crippen molar-refractivity contribution in [3.8, 4) is 6.07 Å². The Balaban J connectivity index is 1.26. The molecular formula is C39H46N6O9S. The monoisotopic (exact) mass is 774 g/mol. The van der Waals surface area contributed by atoms with E-state index in [1.54, 1.807) is 26.8 Å². The number of sulfonamides is 1. The van der Waals surface area contributed by atoms with E-state index in [9.17, 15) is 32.4 Å². The van der Waals surface area contributed by atoms with Crippen LogP contribution in [0.25, 0.3) is 0 Å². The highest BCUT2D eigenvalue weighted by Gasteiger charge is 2.61. The second kappa shape index (κ2) is 15.7.